The van der Waals surface area contributed by atoms with Gasteiger partial charge in [-0.15, -0.1) is 0 Å². The zero-order valence-electron chi connectivity index (χ0n) is 14.7. The second kappa shape index (κ2) is 7.48. The third kappa shape index (κ3) is 3.88. The van der Waals surface area contributed by atoms with E-state index in [1.54, 1.807) is 31.4 Å². The molecule has 0 radical (unpaired) electrons. The highest BCUT2D eigenvalue weighted by molar-refractivity contribution is 6.04. The summed E-state index contributed by atoms with van der Waals surface area (Å²) in [7, 11) is 1.59. The summed E-state index contributed by atoms with van der Waals surface area (Å²) in [5.74, 6) is 1.19. The van der Waals surface area contributed by atoms with Crippen molar-refractivity contribution in [3.8, 4) is 5.75 Å². The van der Waals surface area contributed by atoms with Gasteiger partial charge in [-0.1, -0.05) is 0 Å². The van der Waals surface area contributed by atoms with Crippen LogP contribution >= 0.6 is 0 Å². The molecule has 0 unspecified atom stereocenters. The van der Waals surface area contributed by atoms with E-state index < -0.39 is 0 Å². The van der Waals surface area contributed by atoms with Crippen molar-refractivity contribution in [3.63, 3.8) is 0 Å². The van der Waals surface area contributed by atoms with Gasteiger partial charge in [0.05, 0.1) is 37.4 Å². The van der Waals surface area contributed by atoms with E-state index in [1.165, 1.54) is 0 Å². The number of benzene rings is 1. The Kier molecular flexibility index (Phi) is 5.14. The first-order valence-corrected chi connectivity index (χ1v) is 8.22. The maximum atomic E-state index is 12.5. The SMILES string of the molecule is COc1ccc(C(=O)Nc2c(C)nc(N3CCOCC3)nc2C)cc1. The van der Waals surface area contributed by atoms with Crippen molar-refractivity contribution < 1.29 is 14.3 Å². The summed E-state index contributed by atoms with van der Waals surface area (Å²) >= 11 is 0. The first-order valence-electron chi connectivity index (χ1n) is 8.22. The van der Waals surface area contributed by atoms with Crippen LogP contribution in [0.5, 0.6) is 5.75 Å². The van der Waals surface area contributed by atoms with Crippen LogP contribution in [-0.2, 0) is 4.74 Å². The van der Waals surface area contributed by atoms with Crippen LogP contribution in [-0.4, -0.2) is 49.3 Å². The minimum absolute atomic E-state index is 0.198. The van der Waals surface area contributed by atoms with Crippen LogP contribution < -0.4 is 15.0 Å². The van der Waals surface area contributed by atoms with Gasteiger partial charge >= 0.3 is 0 Å². The number of methoxy groups -OCH3 is 1. The fourth-order valence-corrected chi connectivity index (χ4v) is 2.71. The number of hydrogen-bond donors (Lipinski definition) is 1. The average molecular weight is 342 g/mol. The van der Waals surface area contributed by atoms with Crippen LogP contribution in [0.15, 0.2) is 24.3 Å². The van der Waals surface area contributed by atoms with E-state index in [1.807, 2.05) is 13.8 Å². The number of carbonyl (C=O) groups excluding carboxylic acids is 1. The molecule has 1 aliphatic rings. The van der Waals surface area contributed by atoms with Gasteiger partial charge in [-0.2, -0.15) is 0 Å². The van der Waals surface area contributed by atoms with E-state index in [2.05, 4.69) is 20.2 Å². The van der Waals surface area contributed by atoms with Crippen molar-refractivity contribution in [1.82, 2.24) is 9.97 Å². The van der Waals surface area contributed by atoms with E-state index in [0.717, 1.165) is 24.5 Å². The summed E-state index contributed by atoms with van der Waals surface area (Å²) in [4.78, 5) is 23.7. The number of amides is 1. The minimum atomic E-state index is -0.198. The van der Waals surface area contributed by atoms with Gasteiger partial charge in [0, 0.05) is 18.7 Å². The van der Waals surface area contributed by atoms with Crippen LogP contribution in [0.2, 0.25) is 0 Å². The summed E-state index contributed by atoms with van der Waals surface area (Å²) in [5, 5.41) is 2.91. The predicted molar refractivity (Wildman–Crippen MR) is 95.5 cm³/mol. The van der Waals surface area contributed by atoms with Crippen molar-refractivity contribution in [1.29, 1.82) is 0 Å². The van der Waals surface area contributed by atoms with Crippen LogP contribution in [0.3, 0.4) is 0 Å². The third-order valence-corrected chi connectivity index (χ3v) is 4.14. The lowest BCUT2D eigenvalue weighted by atomic mass is 10.2. The smallest absolute Gasteiger partial charge is 0.255 e. The number of carbonyl (C=O) groups is 1. The van der Waals surface area contributed by atoms with Crippen molar-refractivity contribution in [2.24, 2.45) is 0 Å². The fraction of sp³-hybridized carbons (Fsp3) is 0.389. The zero-order chi connectivity index (χ0) is 17.8. The van der Waals surface area contributed by atoms with Crippen molar-refractivity contribution in [2.75, 3.05) is 43.6 Å². The Labute approximate surface area is 147 Å². The largest absolute Gasteiger partial charge is 0.497 e. The number of rotatable bonds is 4. The Morgan fingerprint density at radius 1 is 1.12 bits per heavy atom. The van der Waals surface area contributed by atoms with Gasteiger partial charge in [-0.3, -0.25) is 4.79 Å². The monoisotopic (exact) mass is 342 g/mol. The average Bonchev–Trinajstić information content (AvgIpc) is 2.65. The molecular formula is C18H22N4O3. The van der Waals surface area contributed by atoms with E-state index >= 15 is 0 Å². The number of anilines is 2. The first-order chi connectivity index (χ1) is 12.1. The van der Waals surface area contributed by atoms with E-state index in [9.17, 15) is 4.79 Å². The molecule has 0 spiro atoms. The molecule has 0 atom stereocenters. The van der Waals surface area contributed by atoms with Gasteiger partial charge in [-0.25, -0.2) is 9.97 Å². The lowest BCUT2D eigenvalue weighted by Crippen LogP contribution is -2.37. The van der Waals surface area contributed by atoms with E-state index in [0.29, 0.717) is 36.2 Å². The van der Waals surface area contributed by atoms with Crippen LogP contribution in [0.25, 0.3) is 0 Å². The van der Waals surface area contributed by atoms with Crippen molar-refractivity contribution >= 4 is 17.5 Å². The molecule has 1 aromatic heterocycles. The Morgan fingerprint density at radius 2 is 1.72 bits per heavy atom. The molecule has 7 nitrogen and oxygen atoms in total. The second-order valence-electron chi connectivity index (χ2n) is 5.85. The minimum Gasteiger partial charge on any atom is -0.497 e. The number of nitrogens with zero attached hydrogens (tertiary/aromatic N) is 3. The van der Waals surface area contributed by atoms with Gasteiger partial charge in [0.15, 0.2) is 0 Å². The molecule has 7 heteroatoms. The molecule has 2 heterocycles. The summed E-state index contributed by atoms with van der Waals surface area (Å²) in [6.45, 7) is 6.66. The van der Waals surface area contributed by atoms with Gasteiger partial charge in [-0.05, 0) is 38.1 Å². The van der Waals surface area contributed by atoms with Crippen LogP contribution in [0.4, 0.5) is 11.6 Å². The molecular weight excluding hydrogens is 320 g/mol. The van der Waals surface area contributed by atoms with Gasteiger partial charge in [0.2, 0.25) is 5.95 Å². The number of nitrogens with one attached hydrogen (secondary N) is 1. The maximum Gasteiger partial charge on any atom is 0.255 e. The molecule has 2 aromatic rings. The normalized spacial score (nSPS) is 14.3. The zero-order valence-corrected chi connectivity index (χ0v) is 14.7. The number of morpholine rings is 1. The highest BCUT2D eigenvalue weighted by atomic mass is 16.5. The molecule has 1 aliphatic heterocycles. The van der Waals surface area contributed by atoms with Gasteiger partial charge in [0.1, 0.15) is 5.75 Å². The molecule has 0 saturated carbocycles. The first kappa shape index (κ1) is 17.2. The summed E-state index contributed by atoms with van der Waals surface area (Å²) in [6, 6.07) is 6.96. The van der Waals surface area contributed by atoms with Gasteiger partial charge < -0.3 is 19.7 Å². The standard InChI is InChI=1S/C18H22N4O3/c1-12-16(21-17(23)14-4-6-15(24-3)7-5-14)13(2)20-18(19-12)22-8-10-25-11-9-22/h4-7H,8-11H2,1-3H3,(H,21,23). The second-order valence-corrected chi connectivity index (χ2v) is 5.85. The number of aromatic nitrogens is 2. The lowest BCUT2D eigenvalue weighted by molar-refractivity contribution is 0.102. The summed E-state index contributed by atoms with van der Waals surface area (Å²) in [5.41, 5.74) is 2.70. The van der Waals surface area contributed by atoms with Crippen LogP contribution in [0, 0.1) is 13.8 Å². The Bertz CT molecular complexity index is 732. The molecule has 25 heavy (non-hydrogen) atoms. The molecule has 1 N–H and O–H groups in total. The highest BCUT2D eigenvalue weighted by Gasteiger charge is 2.18. The Morgan fingerprint density at radius 3 is 2.28 bits per heavy atom. The number of aryl methyl sites for hydroxylation is 2. The Balaban J connectivity index is 1.78. The van der Waals surface area contributed by atoms with Crippen molar-refractivity contribution in [3.05, 3.63) is 41.2 Å². The molecule has 1 fully saturated rings. The maximum absolute atomic E-state index is 12.5. The van der Waals surface area contributed by atoms with Crippen LogP contribution in [0.1, 0.15) is 21.7 Å². The molecule has 1 amide bonds. The Hall–Kier alpha value is -2.67. The van der Waals surface area contributed by atoms with Crippen molar-refractivity contribution in [2.45, 2.75) is 13.8 Å². The van der Waals surface area contributed by atoms with E-state index in [4.69, 9.17) is 9.47 Å². The highest BCUT2D eigenvalue weighted by Crippen LogP contribution is 2.22. The molecule has 132 valence electrons. The molecule has 1 saturated heterocycles. The van der Waals surface area contributed by atoms with Gasteiger partial charge in [0.25, 0.3) is 5.91 Å². The molecule has 0 bridgehead atoms. The van der Waals surface area contributed by atoms with E-state index in [-0.39, 0.29) is 5.91 Å². The third-order valence-electron chi connectivity index (χ3n) is 4.14. The number of hydrogen-bond acceptors (Lipinski definition) is 6. The predicted octanol–water partition coefficient (Wildman–Crippen LogP) is 2.19. The molecule has 0 aliphatic carbocycles. The number of ether oxygens (including phenoxy) is 2. The summed E-state index contributed by atoms with van der Waals surface area (Å²) in [6.07, 6.45) is 0. The molecule has 1 aromatic carbocycles. The summed E-state index contributed by atoms with van der Waals surface area (Å²) < 4.78 is 10.5. The topological polar surface area (TPSA) is 76.6 Å². The molecule has 3 rings (SSSR count). The lowest BCUT2D eigenvalue weighted by Gasteiger charge is -2.27. The fourth-order valence-electron chi connectivity index (χ4n) is 2.71. The quantitative estimate of drug-likeness (QED) is 0.918.